The maximum atomic E-state index is 12.4. The number of benzene rings is 1. The van der Waals surface area contributed by atoms with Crippen LogP contribution >= 0.6 is 11.3 Å². The Kier molecular flexibility index (Phi) is 4.50. The molecule has 1 N–H and O–H groups in total. The van der Waals surface area contributed by atoms with E-state index >= 15 is 0 Å². The molecule has 130 valence electrons. The van der Waals surface area contributed by atoms with E-state index in [0.717, 1.165) is 34.2 Å². The van der Waals surface area contributed by atoms with Gasteiger partial charge in [-0.2, -0.15) is 0 Å². The van der Waals surface area contributed by atoms with Gasteiger partial charge in [-0.1, -0.05) is 19.1 Å². The Morgan fingerprint density at radius 3 is 3.04 bits per heavy atom. The standard InChI is InChI=1S/C20H17N3O2S/c1-2-13-5-6-16-15(11-25-18(16)8-13)9-19(24)23-20-22-17(12-26-20)14-4-3-7-21-10-14/h3-8,10-12H,2,9H2,1H3,(H,22,23,24). The smallest absolute Gasteiger partial charge is 0.230 e. The number of aromatic nitrogens is 2. The van der Waals surface area contributed by atoms with Gasteiger partial charge >= 0.3 is 0 Å². The zero-order chi connectivity index (χ0) is 17.9. The Morgan fingerprint density at radius 2 is 2.23 bits per heavy atom. The number of carbonyl (C=O) groups is 1. The van der Waals surface area contributed by atoms with Gasteiger partial charge in [-0.3, -0.25) is 9.78 Å². The number of aryl methyl sites for hydroxylation is 1. The van der Waals surface area contributed by atoms with E-state index in [1.165, 1.54) is 16.9 Å². The number of carbonyl (C=O) groups excluding carboxylic acids is 1. The maximum absolute atomic E-state index is 12.4. The Morgan fingerprint density at radius 1 is 1.31 bits per heavy atom. The van der Waals surface area contributed by atoms with Gasteiger partial charge in [-0.25, -0.2) is 4.98 Å². The molecule has 5 nitrogen and oxygen atoms in total. The summed E-state index contributed by atoms with van der Waals surface area (Å²) in [5, 5.41) is 6.33. The zero-order valence-electron chi connectivity index (χ0n) is 14.2. The molecule has 0 aliphatic carbocycles. The van der Waals surface area contributed by atoms with Crippen molar-refractivity contribution in [3.8, 4) is 11.3 Å². The molecule has 1 aromatic carbocycles. The summed E-state index contributed by atoms with van der Waals surface area (Å²) < 4.78 is 5.60. The van der Waals surface area contributed by atoms with Gasteiger partial charge in [0.2, 0.25) is 5.91 Å². The molecule has 0 atom stereocenters. The maximum Gasteiger partial charge on any atom is 0.230 e. The van der Waals surface area contributed by atoms with Crippen molar-refractivity contribution >= 4 is 33.3 Å². The van der Waals surface area contributed by atoms with E-state index in [1.54, 1.807) is 18.7 Å². The predicted octanol–water partition coefficient (Wildman–Crippen LogP) is 4.69. The molecule has 0 aliphatic rings. The number of amides is 1. The van der Waals surface area contributed by atoms with Gasteiger partial charge in [0.25, 0.3) is 0 Å². The first-order valence-corrected chi connectivity index (χ1v) is 9.25. The van der Waals surface area contributed by atoms with Crippen molar-refractivity contribution in [3.05, 3.63) is 65.5 Å². The molecule has 0 fully saturated rings. The second-order valence-corrected chi connectivity index (χ2v) is 6.81. The van der Waals surface area contributed by atoms with Crippen LogP contribution in [0.5, 0.6) is 0 Å². The van der Waals surface area contributed by atoms with Crippen LogP contribution in [0.3, 0.4) is 0 Å². The molecular weight excluding hydrogens is 346 g/mol. The largest absolute Gasteiger partial charge is 0.464 e. The molecule has 26 heavy (non-hydrogen) atoms. The van der Waals surface area contributed by atoms with Crippen molar-refractivity contribution in [1.82, 2.24) is 9.97 Å². The van der Waals surface area contributed by atoms with E-state index in [-0.39, 0.29) is 12.3 Å². The second kappa shape index (κ2) is 7.09. The van der Waals surface area contributed by atoms with Gasteiger partial charge in [0.05, 0.1) is 18.4 Å². The number of rotatable bonds is 5. The number of anilines is 1. The number of thiazole rings is 1. The van der Waals surface area contributed by atoms with Gasteiger partial charge in [0.1, 0.15) is 5.58 Å². The summed E-state index contributed by atoms with van der Waals surface area (Å²) >= 11 is 1.40. The van der Waals surface area contributed by atoms with E-state index in [1.807, 2.05) is 29.6 Å². The van der Waals surface area contributed by atoms with Crippen molar-refractivity contribution in [3.63, 3.8) is 0 Å². The molecule has 0 bridgehead atoms. The van der Waals surface area contributed by atoms with E-state index in [4.69, 9.17) is 4.42 Å². The van der Waals surface area contributed by atoms with Gasteiger partial charge in [0.15, 0.2) is 5.13 Å². The molecule has 0 radical (unpaired) electrons. The average Bonchev–Trinajstić information content (AvgIpc) is 3.29. The lowest BCUT2D eigenvalue weighted by molar-refractivity contribution is -0.115. The van der Waals surface area contributed by atoms with Crippen LogP contribution in [0.15, 0.2) is 58.8 Å². The number of pyridine rings is 1. The molecule has 4 aromatic rings. The first-order valence-electron chi connectivity index (χ1n) is 8.37. The summed E-state index contributed by atoms with van der Waals surface area (Å²) in [5.41, 5.74) is 4.65. The molecule has 0 saturated heterocycles. The van der Waals surface area contributed by atoms with Gasteiger partial charge in [-0.15, -0.1) is 11.3 Å². The van der Waals surface area contributed by atoms with Crippen molar-refractivity contribution in [2.75, 3.05) is 5.32 Å². The third kappa shape index (κ3) is 3.36. The summed E-state index contributed by atoms with van der Waals surface area (Å²) in [6.45, 7) is 2.10. The summed E-state index contributed by atoms with van der Waals surface area (Å²) in [5.74, 6) is -0.112. The highest BCUT2D eigenvalue weighted by atomic mass is 32.1. The molecule has 4 rings (SSSR count). The van der Waals surface area contributed by atoms with Crippen LogP contribution in [0.1, 0.15) is 18.1 Å². The van der Waals surface area contributed by atoms with Crippen molar-refractivity contribution < 1.29 is 9.21 Å². The van der Waals surface area contributed by atoms with Crippen molar-refractivity contribution in [2.24, 2.45) is 0 Å². The molecule has 3 aromatic heterocycles. The second-order valence-electron chi connectivity index (χ2n) is 5.95. The Labute approximate surface area is 154 Å². The van der Waals surface area contributed by atoms with Crippen LogP contribution in [-0.4, -0.2) is 15.9 Å². The third-order valence-electron chi connectivity index (χ3n) is 4.19. The van der Waals surface area contributed by atoms with E-state index in [0.29, 0.717) is 5.13 Å². The molecule has 3 heterocycles. The minimum Gasteiger partial charge on any atom is -0.464 e. The van der Waals surface area contributed by atoms with Crippen LogP contribution in [0.4, 0.5) is 5.13 Å². The average molecular weight is 363 g/mol. The lowest BCUT2D eigenvalue weighted by Crippen LogP contribution is -2.13. The van der Waals surface area contributed by atoms with E-state index < -0.39 is 0 Å². The summed E-state index contributed by atoms with van der Waals surface area (Å²) in [6, 6.07) is 9.92. The summed E-state index contributed by atoms with van der Waals surface area (Å²) in [7, 11) is 0. The lowest BCUT2D eigenvalue weighted by atomic mass is 10.1. The fourth-order valence-electron chi connectivity index (χ4n) is 2.80. The van der Waals surface area contributed by atoms with E-state index in [2.05, 4.69) is 28.3 Å². The Balaban J connectivity index is 1.47. The molecule has 0 aliphatic heterocycles. The fraction of sp³-hybridized carbons (Fsp3) is 0.150. The summed E-state index contributed by atoms with van der Waals surface area (Å²) in [4.78, 5) is 20.9. The zero-order valence-corrected chi connectivity index (χ0v) is 15.0. The van der Waals surface area contributed by atoms with Crippen molar-refractivity contribution in [1.29, 1.82) is 0 Å². The Hall–Kier alpha value is -2.99. The van der Waals surface area contributed by atoms with Gasteiger partial charge in [-0.05, 0) is 30.2 Å². The van der Waals surface area contributed by atoms with Gasteiger partial charge < -0.3 is 9.73 Å². The Bertz CT molecular complexity index is 1050. The molecule has 1 amide bonds. The van der Waals surface area contributed by atoms with Crippen LogP contribution in [0.25, 0.3) is 22.2 Å². The number of nitrogens with one attached hydrogen (secondary N) is 1. The quantitative estimate of drug-likeness (QED) is 0.558. The first-order chi connectivity index (χ1) is 12.7. The van der Waals surface area contributed by atoms with E-state index in [9.17, 15) is 4.79 Å². The monoisotopic (exact) mass is 363 g/mol. The van der Waals surface area contributed by atoms with Crippen LogP contribution in [-0.2, 0) is 17.6 Å². The minimum absolute atomic E-state index is 0.112. The lowest BCUT2D eigenvalue weighted by Gasteiger charge is -2.01. The van der Waals surface area contributed by atoms with Crippen LogP contribution < -0.4 is 5.32 Å². The molecule has 0 spiro atoms. The van der Waals surface area contributed by atoms with Crippen molar-refractivity contribution in [2.45, 2.75) is 19.8 Å². The number of nitrogens with zero attached hydrogens (tertiary/aromatic N) is 2. The number of furan rings is 1. The highest BCUT2D eigenvalue weighted by molar-refractivity contribution is 7.14. The SMILES string of the molecule is CCc1ccc2c(CC(=O)Nc3nc(-c4cccnc4)cs3)coc2c1. The number of fused-ring (bicyclic) bond motifs is 1. The summed E-state index contributed by atoms with van der Waals surface area (Å²) in [6.07, 6.45) is 6.34. The minimum atomic E-state index is -0.112. The first kappa shape index (κ1) is 16.5. The molecule has 0 unspecified atom stereocenters. The molecule has 6 heteroatoms. The molecule has 0 saturated carbocycles. The normalized spacial score (nSPS) is 11.0. The topological polar surface area (TPSA) is 68.0 Å². The fourth-order valence-corrected chi connectivity index (χ4v) is 3.53. The van der Waals surface area contributed by atoms with Crippen LogP contribution in [0.2, 0.25) is 0 Å². The third-order valence-corrected chi connectivity index (χ3v) is 4.94. The highest BCUT2D eigenvalue weighted by Crippen LogP contribution is 2.26. The number of hydrogen-bond acceptors (Lipinski definition) is 5. The molecular formula is C20H17N3O2S. The highest BCUT2D eigenvalue weighted by Gasteiger charge is 2.13. The van der Waals surface area contributed by atoms with Gasteiger partial charge in [0, 0.05) is 34.3 Å². The predicted molar refractivity (Wildman–Crippen MR) is 103 cm³/mol. The number of hydrogen-bond donors (Lipinski definition) is 1. The van der Waals surface area contributed by atoms with Crippen LogP contribution in [0, 0.1) is 0 Å².